The van der Waals surface area contributed by atoms with E-state index in [9.17, 15) is 4.79 Å². The number of nitrogens with one attached hydrogen (secondary N) is 2. The summed E-state index contributed by atoms with van der Waals surface area (Å²) in [7, 11) is 3.18. The van der Waals surface area contributed by atoms with Gasteiger partial charge in [0.15, 0.2) is 5.11 Å². The molecule has 0 aliphatic rings. The number of carbonyl (C=O) groups is 1. The second kappa shape index (κ2) is 10.4. The van der Waals surface area contributed by atoms with Crippen molar-refractivity contribution in [2.45, 2.75) is 19.8 Å². The van der Waals surface area contributed by atoms with Crippen molar-refractivity contribution in [1.82, 2.24) is 0 Å². The highest BCUT2D eigenvalue weighted by Crippen LogP contribution is 2.29. The number of ether oxygens (including phenoxy) is 3. The maximum absolute atomic E-state index is 11.9. The van der Waals surface area contributed by atoms with Gasteiger partial charge in [-0.3, -0.25) is 0 Å². The van der Waals surface area contributed by atoms with Crippen LogP contribution in [0.4, 0.5) is 11.4 Å². The fraction of sp³-hybridized carbons (Fsp3) is 0.300. The van der Waals surface area contributed by atoms with Crippen molar-refractivity contribution in [2.24, 2.45) is 0 Å². The first kappa shape index (κ1) is 20.5. The van der Waals surface area contributed by atoms with Crippen LogP contribution in [0.1, 0.15) is 30.1 Å². The maximum atomic E-state index is 11.9. The Morgan fingerprint density at radius 1 is 1.04 bits per heavy atom. The fourth-order valence-electron chi connectivity index (χ4n) is 2.28. The summed E-state index contributed by atoms with van der Waals surface area (Å²) < 4.78 is 15.7. The molecule has 0 bridgehead atoms. The van der Waals surface area contributed by atoms with E-state index in [0.717, 1.165) is 18.5 Å². The molecule has 0 aliphatic carbocycles. The van der Waals surface area contributed by atoms with Crippen molar-refractivity contribution in [2.75, 3.05) is 31.5 Å². The first-order valence-electron chi connectivity index (χ1n) is 8.64. The molecule has 0 spiro atoms. The number of hydrogen-bond acceptors (Lipinski definition) is 5. The standard InChI is InChI=1S/C20H24N2O4S/c1-4-5-12-26-19(23)14-6-8-15(9-7-14)21-20(27)22-17-13-16(24-2)10-11-18(17)25-3/h6-11,13H,4-5,12H2,1-3H3,(H2,21,22,27). The van der Waals surface area contributed by atoms with E-state index < -0.39 is 0 Å². The van der Waals surface area contributed by atoms with Crippen LogP contribution < -0.4 is 20.1 Å². The number of thiocarbonyl (C=S) groups is 1. The molecular weight excluding hydrogens is 364 g/mol. The Bertz CT molecular complexity index is 778. The lowest BCUT2D eigenvalue weighted by Gasteiger charge is -2.14. The number of carbonyl (C=O) groups excluding carboxylic acids is 1. The highest BCUT2D eigenvalue weighted by molar-refractivity contribution is 7.80. The smallest absolute Gasteiger partial charge is 0.338 e. The molecule has 0 aliphatic heterocycles. The minimum absolute atomic E-state index is 0.322. The molecule has 0 saturated heterocycles. The number of anilines is 2. The van der Waals surface area contributed by atoms with Gasteiger partial charge in [-0.05, 0) is 55.0 Å². The van der Waals surface area contributed by atoms with Crippen LogP contribution in [-0.2, 0) is 4.74 Å². The summed E-state index contributed by atoms with van der Waals surface area (Å²) in [6.45, 7) is 2.48. The zero-order valence-electron chi connectivity index (χ0n) is 15.7. The Kier molecular flexibility index (Phi) is 7.88. The van der Waals surface area contributed by atoms with E-state index in [2.05, 4.69) is 10.6 Å². The first-order valence-corrected chi connectivity index (χ1v) is 9.05. The second-order valence-corrected chi connectivity index (χ2v) is 6.12. The highest BCUT2D eigenvalue weighted by atomic mass is 32.1. The van der Waals surface area contributed by atoms with Crippen molar-refractivity contribution in [1.29, 1.82) is 0 Å². The Hall–Kier alpha value is -2.80. The van der Waals surface area contributed by atoms with E-state index in [4.69, 9.17) is 26.4 Å². The van der Waals surface area contributed by atoms with E-state index in [1.807, 2.05) is 6.92 Å². The minimum Gasteiger partial charge on any atom is -0.497 e. The molecule has 0 atom stereocenters. The Labute approximate surface area is 164 Å². The van der Waals surface area contributed by atoms with Gasteiger partial charge in [0, 0.05) is 11.8 Å². The van der Waals surface area contributed by atoms with Crippen LogP contribution in [0.3, 0.4) is 0 Å². The third-order valence-electron chi connectivity index (χ3n) is 3.76. The van der Waals surface area contributed by atoms with Gasteiger partial charge in [0.2, 0.25) is 0 Å². The molecule has 7 heteroatoms. The molecule has 0 unspecified atom stereocenters. The zero-order valence-corrected chi connectivity index (χ0v) is 16.5. The molecular formula is C20H24N2O4S. The van der Waals surface area contributed by atoms with Crippen molar-refractivity contribution >= 4 is 34.7 Å². The molecule has 2 rings (SSSR count). The summed E-state index contributed by atoms with van der Waals surface area (Å²) in [6.07, 6.45) is 1.84. The quantitative estimate of drug-likeness (QED) is 0.393. The van der Waals surface area contributed by atoms with Crippen LogP contribution in [0.2, 0.25) is 0 Å². The normalized spacial score (nSPS) is 10.0. The van der Waals surface area contributed by atoms with Crippen LogP contribution >= 0.6 is 12.2 Å². The van der Waals surface area contributed by atoms with Gasteiger partial charge < -0.3 is 24.8 Å². The molecule has 0 aromatic heterocycles. The largest absolute Gasteiger partial charge is 0.497 e. The minimum atomic E-state index is -0.322. The van der Waals surface area contributed by atoms with Gasteiger partial charge in [0.1, 0.15) is 11.5 Å². The summed E-state index contributed by atoms with van der Waals surface area (Å²) in [5.41, 5.74) is 1.94. The van der Waals surface area contributed by atoms with Crippen molar-refractivity contribution < 1.29 is 19.0 Å². The van der Waals surface area contributed by atoms with Gasteiger partial charge in [-0.15, -0.1) is 0 Å². The van der Waals surface area contributed by atoms with Crippen molar-refractivity contribution in [3.63, 3.8) is 0 Å². The number of benzene rings is 2. The van der Waals surface area contributed by atoms with E-state index in [0.29, 0.717) is 34.5 Å². The molecule has 0 radical (unpaired) electrons. The first-order chi connectivity index (χ1) is 13.1. The van der Waals surface area contributed by atoms with Crippen LogP contribution in [0, 0.1) is 0 Å². The number of methoxy groups -OCH3 is 2. The molecule has 0 fully saturated rings. The molecule has 2 N–H and O–H groups in total. The summed E-state index contributed by atoms with van der Waals surface area (Å²) >= 11 is 5.35. The third kappa shape index (κ3) is 6.14. The van der Waals surface area contributed by atoms with Gasteiger partial charge in [-0.1, -0.05) is 13.3 Å². The average Bonchev–Trinajstić information content (AvgIpc) is 2.68. The molecule has 0 saturated carbocycles. The Morgan fingerprint density at radius 3 is 2.41 bits per heavy atom. The van der Waals surface area contributed by atoms with Gasteiger partial charge in [-0.25, -0.2) is 4.79 Å². The van der Waals surface area contributed by atoms with E-state index in [1.165, 1.54) is 0 Å². The highest BCUT2D eigenvalue weighted by Gasteiger charge is 2.09. The maximum Gasteiger partial charge on any atom is 0.338 e. The van der Waals surface area contributed by atoms with E-state index >= 15 is 0 Å². The molecule has 0 amide bonds. The van der Waals surface area contributed by atoms with Crippen molar-refractivity contribution in [3.05, 3.63) is 48.0 Å². The molecule has 144 valence electrons. The van der Waals surface area contributed by atoms with Crippen molar-refractivity contribution in [3.8, 4) is 11.5 Å². The van der Waals surface area contributed by atoms with Gasteiger partial charge in [0.05, 0.1) is 32.1 Å². The molecule has 27 heavy (non-hydrogen) atoms. The third-order valence-corrected chi connectivity index (χ3v) is 3.97. The lowest BCUT2D eigenvalue weighted by atomic mass is 10.2. The lowest BCUT2D eigenvalue weighted by molar-refractivity contribution is 0.0500. The Balaban J connectivity index is 1.97. The van der Waals surface area contributed by atoms with Crippen LogP contribution in [0.5, 0.6) is 11.5 Å². The van der Waals surface area contributed by atoms with E-state index in [-0.39, 0.29) is 5.97 Å². The molecule has 2 aromatic carbocycles. The lowest BCUT2D eigenvalue weighted by Crippen LogP contribution is -2.19. The molecule has 6 nitrogen and oxygen atoms in total. The zero-order chi connectivity index (χ0) is 19.6. The molecule has 0 heterocycles. The fourth-order valence-corrected chi connectivity index (χ4v) is 2.51. The summed E-state index contributed by atoms with van der Waals surface area (Å²) in [4.78, 5) is 11.9. The summed E-state index contributed by atoms with van der Waals surface area (Å²) in [5, 5.41) is 6.54. The summed E-state index contributed by atoms with van der Waals surface area (Å²) in [6, 6.07) is 12.3. The van der Waals surface area contributed by atoms with Crippen LogP contribution in [-0.4, -0.2) is 31.9 Å². The van der Waals surface area contributed by atoms with Gasteiger partial charge in [-0.2, -0.15) is 0 Å². The van der Waals surface area contributed by atoms with Crippen LogP contribution in [0.25, 0.3) is 0 Å². The SMILES string of the molecule is CCCCOC(=O)c1ccc(NC(=S)Nc2cc(OC)ccc2OC)cc1. The number of rotatable bonds is 8. The van der Waals surface area contributed by atoms with Crippen LogP contribution in [0.15, 0.2) is 42.5 Å². The Morgan fingerprint density at radius 2 is 1.78 bits per heavy atom. The average molecular weight is 388 g/mol. The monoisotopic (exact) mass is 388 g/mol. The van der Waals surface area contributed by atoms with E-state index in [1.54, 1.807) is 56.7 Å². The van der Waals surface area contributed by atoms with Gasteiger partial charge >= 0.3 is 5.97 Å². The second-order valence-electron chi connectivity index (χ2n) is 5.71. The summed E-state index contributed by atoms with van der Waals surface area (Å²) in [5.74, 6) is 1.01. The van der Waals surface area contributed by atoms with Gasteiger partial charge in [0.25, 0.3) is 0 Å². The molecule has 2 aromatic rings. The predicted molar refractivity (Wildman–Crippen MR) is 111 cm³/mol. The number of unbranched alkanes of at least 4 members (excludes halogenated alkanes) is 1. The topological polar surface area (TPSA) is 68.8 Å². The predicted octanol–water partition coefficient (Wildman–Crippen LogP) is 4.47. The number of hydrogen-bond donors (Lipinski definition) is 2. The number of esters is 1.